The summed E-state index contributed by atoms with van der Waals surface area (Å²) in [6.07, 6.45) is 0. The first-order chi connectivity index (χ1) is 6.56. The topological polar surface area (TPSA) is 71.3 Å². The number of likely N-dealkylation sites (N-methyl/N-ethyl adjacent to an activating group) is 1. The monoisotopic (exact) mass is 196 g/mol. The van der Waals surface area contributed by atoms with E-state index in [9.17, 15) is 9.59 Å². The van der Waals surface area contributed by atoms with Crippen LogP contribution in [0.5, 0.6) is 0 Å². The number of carboxylic acids is 1. The number of amides is 1. The first-order valence-electron chi connectivity index (χ1n) is 4.16. The molecule has 0 fully saturated rings. The Kier molecular flexibility index (Phi) is 2.91. The van der Waals surface area contributed by atoms with Gasteiger partial charge in [0.25, 0.3) is 0 Å². The zero-order chi connectivity index (χ0) is 10.7. The summed E-state index contributed by atoms with van der Waals surface area (Å²) < 4.78 is 1.46. The van der Waals surface area contributed by atoms with Crippen molar-refractivity contribution in [2.75, 3.05) is 7.05 Å². The van der Waals surface area contributed by atoms with Crippen LogP contribution in [0.1, 0.15) is 16.2 Å². The van der Waals surface area contributed by atoms with E-state index in [2.05, 4.69) is 5.32 Å². The number of hydrogen-bond donors (Lipinski definition) is 2. The van der Waals surface area contributed by atoms with E-state index < -0.39 is 5.97 Å². The Morgan fingerprint density at radius 2 is 2.14 bits per heavy atom. The Hall–Kier alpha value is -1.78. The molecule has 0 aliphatic rings. The van der Waals surface area contributed by atoms with Gasteiger partial charge < -0.3 is 15.0 Å². The van der Waals surface area contributed by atoms with Crippen LogP contribution < -0.4 is 5.32 Å². The summed E-state index contributed by atoms with van der Waals surface area (Å²) in [6, 6.07) is 3.16. The van der Waals surface area contributed by atoms with Crippen LogP contribution >= 0.6 is 0 Å². The molecule has 76 valence electrons. The first kappa shape index (κ1) is 10.3. The van der Waals surface area contributed by atoms with E-state index >= 15 is 0 Å². The predicted molar refractivity (Wildman–Crippen MR) is 50.2 cm³/mol. The van der Waals surface area contributed by atoms with Gasteiger partial charge in [-0.1, -0.05) is 0 Å². The molecule has 0 radical (unpaired) electrons. The minimum atomic E-state index is -1.03. The molecule has 0 bridgehead atoms. The van der Waals surface area contributed by atoms with Gasteiger partial charge in [0.1, 0.15) is 12.2 Å². The Morgan fingerprint density at radius 1 is 1.50 bits per heavy atom. The summed E-state index contributed by atoms with van der Waals surface area (Å²) in [6.45, 7) is 1.80. The second-order valence-corrected chi connectivity index (χ2v) is 2.92. The highest BCUT2D eigenvalue weighted by Gasteiger charge is 2.13. The van der Waals surface area contributed by atoms with Crippen molar-refractivity contribution in [3.63, 3.8) is 0 Å². The summed E-state index contributed by atoms with van der Waals surface area (Å²) >= 11 is 0. The minimum Gasteiger partial charge on any atom is -0.477 e. The number of aromatic carboxylic acids is 1. The molecule has 1 aromatic rings. The maximum absolute atomic E-state index is 11.1. The Morgan fingerprint density at radius 3 is 2.64 bits per heavy atom. The highest BCUT2D eigenvalue weighted by Crippen LogP contribution is 2.07. The number of nitrogens with one attached hydrogen (secondary N) is 1. The van der Waals surface area contributed by atoms with E-state index in [1.165, 1.54) is 17.7 Å². The third-order valence-corrected chi connectivity index (χ3v) is 2.00. The lowest BCUT2D eigenvalue weighted by atomic mass is 10.4. The summed E-state index contributed by atoms with van der Waals surface area (Å²) in [5.74, 6) is -1.24. The molecule has 0 unspecified atom stereocenters. The van der Waals surface area contributed by atoms with Crippen molar-refractivity contribution in [2.24, 2.45) is 0 Å². The molecule has 1 amide bonds. The second kappa shape index (κ2) is 3.95. The van der Waals surface area contributed by atoms with Gasteiger partial charge in [0.2, 0.25) is 5.91 Å². The molecule has 2 N–H and O–H groups in total. The molecule has 0 aliphatic heterocycles. The molecule has 0 spiro atoms. The number of rotatable bonds is 3. The molecule has 14 heavy (non-hydrogen) atoms. The highest BCUT2D eigenvalue weighted by atomic mass is 16.4. The number of carboxylic acid groups (broad SMARTS) is 1. The van der Waals surface area contributed by atoms with Crippen molar-refractivity contribution in [3.05, 3.63) is 23.5 Å². The van der Waals surface area contributed by atoms with Crippen LogP contribution in [0, 0.1) is 6.92 Å². The SMILES string of the molecule is CNC(=O)Cn1c(C)ccc1C(=O)O. The van der Waals surface area contributed by atoms with E-state index in [0.717, 1.165) is 5.69 Å². The van der Waals surface area contributed by atoms with Gasteiger partial charge in [-0.3, -0.25) is 4.79 Å². The fourth-order valence-electron chi connectivity index (χ4n) is 1.19. The Labute approximate surface area is 81.3 Å². The Balaban J connectivity index is 2.99. The summed E-state index contributed by atoms with van der Waals surface area (Å²) in [5.41, 5.74) is 0.886. The van der Waals surface area contributed by atoms with Crippen LogP contribution in [0.15, 0.2) is 12.1 Å². The van der Waals surface area contributed by atoms with Gasteiger partial charge in [-0.15, -0.1) is 0 Å². The number of hydrogen-bond acceptors (Lipinski definition) is 2. The number of aromatic nitrogens is 1. The standard InChI is InChI=1S/C9H12N2O3/c1-6-3-4-7(9(13)14)11(6)5-8(12)10-2/h3-4H,5H2,1-2H3,(H,10,12)(H,13,14). The normalized spacial score (nSPS) is 9.86. The second-order valence-electron chi connectivity index (χ2n) is 2.92. The largest absolute Gasteiger partial charge is 0.477 e. The molecule has 0 aliphatic carbocycles. The van der Waals surface area contributed by atoms with Crippen molar-refractivity contribution in [2.45, 2.75) is 13.5 Å². The minimum absolute atomic E-state index is 0.0387. The van der Waals surface area contributed by atoms with Crippen LogP contribution in [0.4, 0.5) is 0 Å². The molecular weight excluding hydrogens is 184 g/mol. The summed E-state index contributed by atoms with van der Waals surface area (Å²) in [4.78, 5) is 21.8. The lowest BCUT2D eigenvalue weighted by Gasteiger charge is -2.07. The predicted octanol–water partition coefficient (Wildman–Crippen LogP) is 0.241. The van der Waals surface area contributed by atoms with Crippen LogP contribution in [-0.4, -0.2) is 28.6 Å². The van der Waals surface area contributed by atoms with Crippen molar-refractivity contribution in [1.82, 2.24) is 9.88 Å². The van der Waals surface area contributed by atoms with E-state index in [-0.39, 0.29) is 18.1 Å². The van der Waals surface area contributed by atoms with E-state index in [1.807, 2.05) is 0 Å². The van der Waals surface area contributed by atoms with Crippen LogP contribution in [0.2, 0.25) is 0 Å². The number of nitrogens with zero attached hydrogens (tertiary/aromatic N) is 1. The molecule has 1 aromatic heterocycles. The van der Waals surface area contributed by atoms with Crippen LogP contribution in [-0.2, 0) is 11.3 Å². The van der Waals surface area contributed by atoms with Crippen LogP contribution in [0.25, 0.3) is 0 Å². The van der Waals surface area contributed by atoms with Gasteiger partial charge in [0.05, 0.1) is 0 Å². The van der Waals surface area contributed by atoms with E-state index in [4.69, 9.17) is 5.11 Å². The smallest absolute Gasteiger partial charge is 0.352 e. The van der Waals surface area contributed by atoms with Gasteiger partial charge in [0.15, 0.2) is 0 Å². The molecular formula is C9H12N2O3. The molecule has 0 saturated heterocycles. The van der Waals surface area contributed by atoms with Gasteiger partial charge in [-0.05, 0) is 19.1 Å². The van der Waals surface area contributed by atoms with Crippen molar-refractivity contribution in [3.8, 4) is 0 Å². The lowest BCUT2D eigenvalue weighted by Crippen LogP contribution is -2.25. The van der Waals surface area contributed by atoms with Gasteiger partial charge >= 0.3 is 5.97 Å². The fourth-order valence-corrected chi connectivity index (χ4v) is 1.19. The highest BCUT2D eigenvalue weighted by molar-refractivity contribution is 5.87. The van der Waals surface area contributed by atoms with Crippen molar-refractivity contribution in [1.29, 1.82) is 0 Å². The Bertz CT molecular complexity index is 368. The molecule has 5 heteroatoms. The van der Waals surface area contributed by atoms with Gasteiger partial charge in [-0.2, -0.15) is 0 Å². The maximum atomic E-state index is 11.1. The number of carbonyl (C=O) groups excluding carboxylic acids is 1. The summed E-state index contributed by atoms with van der Waals surface area (Å²) in [7, 11) is 1.52. The fraction of sp³-hybridized carbons (Fsp3) is 0.333. The number of aryl methyl sites for hydroxylation is 1. The van der Waals surface area contributed by atoms with Crippen molar-refractivity contribution >= 4 is 11.9 Å². The maximum Gasteiger partial charge on any atom is 0.352 e. The summed E-state index contributed by atoms with van der Waals surface area (Å²) in [5, 5.41) is 11.3. The molecule has 1 heterocycles. The molecule has 0 atom stereocenters. The van der Waals surface area contributed by atoms with E-state index in [1.54, 1.807) is 13.0 Å². The zero-order valence-electron chi connectivity index (χ0n) is 8.07. The molecule has 1 rings (SSSR count). The van der Waals surface area contributed by atoms with Gasteiger partial charge in [-0.25, -0.2) is 4.79 Å². The molecule has 5 nitrogen and oxygen atoms in total. The first-order valence-corrected chi connectivity index (χ1v) is 4.16. The van der Waals surface area contributed by atoms with E-state index in [0.29, 0.717) is 0 Å². The van der Waals surface area contributed by atoms with Gasteiger partial charge in [0, 0.05) is 12.7 Å². The third-order valence-electron chi connectivity index (χ3n) is 2.00. The lowest BCUT2D eigenvalue weighted by molar-refractivity contribution is -0.121. The number of carbonyl (C=O) groups is 2. The zero-order valence-corrected chi connectivity index (χ0v) is 8.07. The quantitative estimate of drug-likeness (QED) is 0.727. The molecule has 0 saturated carbocycles. The van der Waals surface area contributed by atoms with Crippen LogP contribution in [0.3, 0.4) is 0 Å². The van der Waals surface area contributed by atoms with Crippen molar-refractivity contribution < 1.29 is 14.7 Å². The molecule has 0 aromatic carbocycles. The average molecular weight is 196 g/mol. The third kappa shape index (κ3) is 1.93. The average Bonchev–Trinajstić information content (AvgIpc) is 2.48.